The van der Waals surface area contributed by atoms with E-state index >= 15 is 0 Å². The fraction of sp³-hybridized carbons (Fsp3) is 0.769. The van der Waals surface area contributed by atoms with E-state index in [0.717, 1.165) is 6.42 Å². The summed E-state index contributed by atoms with van der Waals surface area (Å²) in [6.45, 7) is 8.37. The maximum absolute atomic E-state index is 12.1. The molecule has 0 saturated heterocycles. The number of carbonyl (C=O) groups is 1. The molecule has 0 aromatic heterocycles. The van der Waals surface area contributed by atoms with Crippen LogP contribution in [-0.4, -0.2) is 48.9 Å². The van der Waals surface area contributed by atoms with Gasteiger partial charge in [-0.3, -0.25) is 0 Å². The number of ether oxygens (including phenoxy) is 4. The third-order valence-electron chi connectivity index (χ3n) is 2.41. The lowest BCUT2D eigenvalue weighted by Gasteiger charge is -2.33. The van der Waals surface area contributed by atoms with Gasteiger partial charge < -0.3 is 29.1 Å². The van der Waals surface area contributed by atoms with Crippen molar-refractivity contribution < 1.29 is 28.2 Å². The Morgan fingerprint density at radius 1 is 1.05 bits per heavy atom. The smallest absolute Gasteiger partial charge is 0.333 e. The highest BCUT2D eigenvalue weighted by molar-refractivity contribution is 6.09. The van der Waals surface area contributed by atoms with E-state index < -0.39 is 11.9 Å². The van der Waals surface area contributed by atoms with Gasteiger partial charge in [0.25, 0.3) is 0 Å². The average Bonchev–Trinajstić information content (AvgIpc) is 2.45. The molecule has 0 fully saturated rings. The van der Waals surface area contributed by atoms with Crippen molar-refractivity contribution in [2.75, 3.05) is 26.4 Å². The van der Waals surface area contributed by atoms with E-state index in [1.54, 1.807) is 20.8 Å². The molecule has 7 nitrogen and oxygen atoms in total. The third kappa shape index (κ3) is 5.66. The van der Waals surface area contributed by atoms with E-state index in [9.17, 15) is 4.79 Å². The van der Waals surface area contributed by atoms with Crippen molar-refractivity contribution >= 4 is 16.5 Å². The van der Waals surface area contributed by atoms with Crippen molar-refractivity contribution in [1.29, 1.82) is 0 Å². The summed E-state index contributed by atoms with van der Waals surface area (Å²) in [5.41, 5.74) is 5.80. The summed E-state index contributed by atoms with van der Waals surface area (Å²) in [6.07, 6.45) is 0.745. The summed E-state index contributed by atoms with van der Waals surface area (Å²) >= 11 is 0. The van der Waals surface area contributed by atoms with E-state index in [-0.39, 0.29) is 41.8 Å². The Hall–Kier alpha value is -1.09. The van der Waals surface area contributed by atoms with Crippen LogP contribution < -0.4 is 5.73 Å². The van der Waals surface area contributed by atoms with Crippen molar-refractivity contribution in [2.45, 2.75) is 40.1 Å². The minimum Gasteiger partial charge on any atom is -0.525 e. The Balaban J connectivity index is 5.80. The van der Waals surface area contributed by atoms with E-state index in [1.807, 2.05) is 6.92 Å². The Bertz CT molecular complexity index is 331. The van der Waals surface area contributed by atoms with Crippen LogP contribution in [-0.2, 0) is 28.2 Å². The Morgan fingerprint density at radius 3 is 1.86 bits per heavy atom. The standard InChI is InChI=1S/C13H27NO6Si/c1-5-9-16-11(14)10(12(15)20-21)13(17-6-2,18-7-3)19-8-4/h5-9,14H2,1-4,21H3. The Morgan fingerprint density at radius 2 is 1.52 bits per heavy atom. The molecule has 0 radical (unpaired) electrons. The van der Waals surface area contributed by atoms with Gasteiger partial charge in [0.15, 0.2) is 5.57 Å². The molecule has 0 aliphatic rings. The lowest BCUT2D eigenvalue weighted by Crippen LogP contribution is -2.46. The average molecular weight is 321 g/mol. The van der Waals surface area contributed by atoms with Crippen LogP contribution in [0.2, 0.25) is 0 Å². The van der Waals surface area contributed by atoms with Crippen LogP contribution in [0.15, 0.2) is 11.5 Å². The van der Waals surface area contributed by atoms with Crippen LogP contribution in [0.1, 0.15) is 34.1 Å². The van der Waals surface area contributed by atoms with Crippen molar-refractivity contribution in [3.8, 4) is 0 Å². The van der Waals surface area contributed by atoms with Gasteiger partial charge >= 0.3 is 11.9 Å². The van der Waals surface area contributed by atoms with Crippen molar-refractivity contribution in [2.24, 2.45) is 5.73 Å². The molecule has 0 amide bonds. The van der Waals surface area contributed by atoms with Gasteiger partial charge in [-0.05, 0) is 27.2 Å². The maximum Gasteiger partial charge on any atom is 0.333 e. The number of nitrogens with two attached hydrogens (primary N) is 1. The minimum absolute atomic E-state index is 0.0866. The lowest BCUT2D eigenvalue weighted by atomic mass is 10.2. The normalized spacial score (nSPS) is 13.0. The quantitative estimate of drug-likeness (QED) is 0.251. The molecule has 2 N–H and O–H groups in total. The minimum atomic E-state index is -1.71. The molecule has 8 heteroatoms. The van der Waals surface area contributed by atoms with Crippen LogP contribution >= 0.6 is 0 Å². The topological polar surface area (TPSA) is 89.2 Å². The largest absolute Gasteiger partial charge is 0.525 e. The molecule has 0 aromatic carbocycles. The van der Waals surface area contributed by atoms with Gasteiger partial charge in [-0.15, -0.1) is 0 Å². The molecule has 0 rings (SSSR count). The van der Waals surface area contributed by atoms with Gasteiger partial charge in [-0.2, -0.15) is 0 Å². The summed E-state index contributed by atoms with van der Waals surface area (Å²) < 4.78 is 26.9. The van der Waals surface area contributed by atoms with Gasteiger partial charge in [-0.1, -0.05) is 6.92 Å². The molecule has 0 spiro atoms. The lowest BCUT2D eigenvalue weighted by molar-refractivity contribution is -0.352. The zero-order chi connectivity index (χ0) is 16.3. The number of carbonyl (C=O) groups excluding carboxylic acids is 1. The second-order valence-corrected chi connectivity index (χ2v) is 4.34. The summed E-state index contributed by atoms with van der Waals surface area (Å²) in [5.74, 6) is -2.48. The molecule has 124 valence electrons. The molecule has 0 aliphatic heterocycles. The Kier molecular flexibility index (Phi) is 10.1. The van der Waals surface area contributed by atoms with Crippen LogP contribution in [0.3, 0.4) is 0 Å². The highest BCUT2D eigenvalue weighted by Gasteiger charge is 2.45. The predicted octanol–water partition coefficient (Wildman–Crippen LogP) is 0.170. The molecule has 0 aromatic rings. The monoisotopic (exact) mass is 321 g/mol. The first-order valence-electron chi connectivity index (χ1n) is 7.15. The van der Waals surface area contributed by atoms with Crippen LogP contribution in [0.5, 0.6) is 0 Å². The summed E-state index contributed by atoms with van der Waals surface area (Å²) in [6, 6.07) is 0. The molecule has 0 saturated carbocycles. The van der Waals surface area contributed by atoms with Crippen molar-refractivity contribution in [3.63, 3.8) is 0 Å². The van der Waals surface area contributed by atoms with E-state index in [0.29, 0.717) is 6.61 Å². The first kappa shape index (κ1) is 19.9. The van der Waals surface area contributed by atoms with Gasteiger partial charge in [-0.25, -0.2) is 4.79 Å². The zero-order valence-electron chi connectivity index (χ0n) is 13.6. The van der Waals surface area contributed by atoms with Crippen LogP contribution in [0.4, 0.5) is 0 Å². The first-order valence-corrected chi connectivity index (χ1v) is 7.97. The first-order chi connectivity index (χ1) is 10.0. The summed E-state index contributed by atoms with van der Waals surface area (Å²) in [7, 11) is 0.206. The molecule has 0 atom stereocenters. The number of rotatable bonds is 11. The van der Waals surface area contributed by atoms with Gasteiger partial charge in [0, 0.05) is 19.8 Å². The van der Waals surface area contributed by atoms with E-state index in [1.165, 1.54) is 0 Å². The van der Waals surface area contributed by atoms with Crippen LogP contribution in [0.25, 0.3) is 0 Å². The molecule has 0 heterocycles. The molecular formula is C13H27NO6Si. The SMILES string of the molecule is CCCOC(N)=C(C(=O)O[SiH3])C(OCC)(OCC)OCC. The molecule has 0 unspecified atom stereocenters. The van der Waals surface area contributed by atoms with Crippen molar-refractivity contribution in [3.05, 3.63) is 11.5 Å². The summed E-state index contributed by atoms with van der Waals surface area (Å²) in [4.78, 5) is 12.1. The molecule has 21 heavy (non-hydrogen) atoms. The van der Waals surface area contributed by atoms with Gasteiger partial charge in [0.1, 0.15) is 0 Å². The molecular weight excluding hydrogens is 294 g/mol. The summed E-state index contributed by atoms with van der Waals surface area (Å²) in [5, 5.41) is 0. The number of hydrogen-bond donors (Lipinski definition) is 1. The number of hydrogen-bond acceptors (Lipinski definition) is 7. The van der Waals surface area contributed by atoms with E-state index in [4.69, 9.17) is 29.1 Å². The van der Waals surface area contributed by atoms with Gasteiger partial charge in [0.05, 0.1) is 6.61 Å². The fourth-order valence-electron chi connectivity index (χ4n) is 1.67. The molecule has 0 aliphatic carbocycles. The fourth-order valence-corrected chi connectivity index (χ4v) is 1.88. The van der Waals surface area contributed by atoms with Crippen molar-refractivity contribution in [1.82, 2.24) is 0 Å². The Labute approximate surface area is 129 Å². The third-order valence-corrected chi connectivity index (χ3v) is 2.78. The van der Waals surface area contributed by atoms with E-state index in [2.05, 4.69) is 0 Å². The second-order valence-electron chi connectivity index (χ2n) is 3.93. The zero-order valence-corrected chi connectivity index (χ0v) is 15.6. The second kappa shape index (κ2) is 10.6. The van der Waals surface area contributed by atoms with Gasteiger partial charge in [0.2, 0.25) is 16.4 Å². The van der Waals surface area contributed by atoms with Crippen LogP contribution in [0, 0.1) is 0 Å². The highest BCUT2D eigenvalue weighted by Crippen LogP contribution is 2.28. The molecule has 0 bridgehead atoms. The predicted molar refractivity (Wildman–Crippen MR) is 81.1 cm³/mol. The highest BCUT2D eigenvalue weighted by atomic mass is 28.2. The maximum atomic E-state index is 12.1.